The van der Waals surface area contributed by atoms with E-state index in [9.17, 15) is 9.59 Å². The number of hydrogen-bond acceptors (Lipinski definition) is 5. The van der Waals surface area contributed by atoms with Gasteiger partial charge in [-0.25, -0.2) is 4.79 Å². The second-order valence-corrected chi connectivity index (χ2v) is 3.64. The molecule has 0 aromatic rings. The Bertz CT molecular complexity index is 273. The molecule has 5 nitrogen and oxygen atoms in total. The van der Waals surface area contributed by atoms with E-state index in [0.29, 0.717) is 13.2 Å². The van der Waals surface area contributed by atoms with E-state index in [4.69, 9.17) is 14.2 Å². The summed E-state index contributed by atoms with van der Waals surface area (Å²) in [4.78, 5) is 22.3. The number of unbranched alkanes of at least 4 members (excludes halogenated alkanes) is 1. The minimum absolute atomic E-state index is 0.0635. The Kier molecular flexibility index (Phi) is 9.96. The lowest BCUT2D eigenvalue weighted by Gasteiger charge is -2.12. The molecular formula is C13H22O5. The fourth-order valence-corrected chi connectivity index (χ4v) is 1.10. The number of carbonyl (C=O) groups excluding carboxylic acids is 2. The van der Waals surface area contributed by atoms with Gasteiger partial charge in [-0.05, 0) is 20.3 Å². The Labute approximate surface area is 108 Å². The third kappa shape index (κ3) is 9.84. The standard InChI is InChI=1S/C13H22O5/c1-4-6-10-17-11(3)18-13(15)9-7-8-12(14)16-5-2/h7,9,11H,4-6,8,10H2,1-3H3/b9-7-. The first-order valence-corrected chi connectivity index (χ1v) is 6.24. The Morgan fingerprint density at radius 3 is 2.61 bits per heavy atom. The molecule has 0 N–H and O–H groups in total. The van der Waals surface area contributed by atoms with Crippen LogP contribution < -0.4 is 0 Å². The van der Waals surface area contributed by atoms with Crippen LogP contribution in [0.3, 0.4) is 0 Å². The second-order valence-electron chi connectivity index (χ2n) is 3.64. The van der Waals surface area contributed by atoms with Gasteiger partial charge in [0.05, 0.1) is 19.6 Å². The molecule has 0 radical (unpaired) electrons. The van der Waals surface area contributed by atoms with Crippen molar-refractivity contribution in [2.45, 2.75) is 46.3 Å². The minimum Gasteiger partial charge on any atom is -0.466 e. The van der Waals surface area contributed by atoms with Crippen molar-refractivity contribution in [2.75, 3.05) is 13.2 Å². The monoisotopic (exact) mass is 258 g/mol. The molecule has 0 aliphatic carbocycles. The molecular weight excluding hydrogens is 236 g/mol. The maximum atomic E-state index is 11.3. The van der Waals surface area contributed by atoms with Crippen molar-refractivity contribution in [3.8, 4) is 0 Å². The van der Waals surface area contributed by atoms with Gasteiger partial charge < -0.3 is 14.2 Å². The largest absolute Gasteiger partial charge is 0.466 e. The molecule has 0 saturated carbocycles. The van der Waals surface area contributed by atoms with Crippen molar-refractivity contribution >= 4 is 11.9 Å². The molecule has 1 unspecified atom stereocenters. The Balaban J connectivity index is 3.75. The van der Waals surface area contributed by atoms with E-state index in [-0.39, 0.29) is 12.4 Å². The summed E-state index contributed by atoms with van der Waals surface area (Å²) in [5.74, 6) is -0.892. The lowest BCUT2D eigenvalue weighted by Crippen LogP contribution is -2.17. The summed E-state index contributed by atoms with van der Waals surface area (Å²) in [5, 5.41) is 0. The maximum absolute atomic E-state index is 11.3. The van der Waals surface area contributed by atoms with E-state index in [0.717, 1.165) is 12.8 Å². The van der Waals surface area contributed by atoms with E-state index in [1.807, 2.05) is 0 Å². The molecule has 0 spiro atoms. The van der Waals surface area contributed by atoms with Crippen LogP contribution in [0.2, 0.25) is 0 Å². The van der Waals surface area contributed by atoms with Crippen LogP contribution in [-0.2, 0) is 23.8 Å². The van der Waals surface area contributed by atoms with Crippen LogP contribution in [0.25, 0.3) is 0 Å². The molecule has 0 aromatic carbocycles. The lowest BCUT2D eigenvalue weighted by molar-refractivity contribution is -0.168. The Morgan fingerprint density at radius 2 is 2.00 bits per heavy atom. The third-order valence-electron chi connectivity index (χ3n) is 1.98. The van der Waals surface area contributed by atoms with Crippen LogP contribution in [0.5, 0.6) is 0 Å². The smallest absolute Gasteiger partial charge is 0.332 e. The predicted octanol–water partition coefficient (Wildman–Crippen LogP) is 2.20. The molecule has 0 heterocycles. The molecule has 1 atom stereocenters. The molecule has 0 aliphatic heterocycles. The average Bonchev–Trinajstić information content (AvgIpc) is 2.29. The zero-order valence-corrected chi connectivity index (χ0v) is 11.3. The van der Waals surface area contributed by atoms with Gasteiger partial charge >= 0.3 is 11.9 Å². The summed E-state index contributed by atoms with van der Waals surface area (Å²) < 4.78 is 14.9. The molecule has 0 aromatic heterocycles. The fourth-order valence-electron chi connectivity index (χ4n) is 1.10. The molecule has 104 valence electrons. The molecule has 5 heteroatoms. The number of ether oxygens (including phenoxy) is 3. The first-order chi connectivity index (χ1) is 8.60. The zero-order chi connectivity index (χ0) is 13.8. The van der Waals surface area contributed by atoms with Crippen molar-refractivity contribution in [2.24, 2.45) is 0 Å². The first kappa shape index (κ1) is 16.6. The van der Waals surface area contributed by atoms with Crippen LogP contribution in [0.15, 0.2) is 12.2 Å². The predicted molar refractivity (Wildman–Crippen MR) is 66.8 cm³/mol. The molecule has 0 bridgehead atoms. The van der Waals surface area contributed by atoms with Crippen molar-refractivity contribution in [3.05, 3.63) is 12.2 Å². The van der Waals surface area contributed by atoms with Gasteiger partial charge in [0.2, 0.25) is 0 Å². The Morgan fingerprint density at radius 1 is 1.28 bits per heavy atom. The first-order valence-electron chi connectivity index (χ1n) is 6.24. The van der Waals surface area contributed by atoms with Gasteiger partial charge in [-0.1, -0.05) is 19.4 Å². The average molecular weight is 258 g/mol. The highest BCUT2D eigenvalue weighted by atomic mass is 16.7. The van der Waals surface area contributed by atoms with E-state index < -0.39 is 12.3 Å². The Hall–Kier alpha value is -1.36. The van der Waals surface area contributed by atoms with Gasteiger partial charge in [-0.2, -0.15) is 0 Å². The van der Waals surface area contributed by atoms with Gasteiger partial charge in [0.1, 0.15) is 0 Å². The lowest BCUT2D eigenvalue weighted by atomic mass is 10.4. The molecule has 0 rings (SSSR count). The van der Waals surface area contributed by atoms with Crippen molar-refractivity contribution in [3.63, 3.8) is 0 Å². The van der Waals surface area contributed by atoms with Crippen LogP contribution in [0, 0.1) is 0 Å². The molecule has 0 fully saturated rings. The highest BCUT2D eigenvalue weighted by Gasteiger charge is 2.06. The SMILES string of the molecule is CCCCOC(C)OC(=O)/C=C\CC(=O)OCC. The van der Waals surface area contributed by atoms with Crippen LogP contribution in [0.4, 0.5) is 0 Å². The van der Waals surface area contributed by atoms with E-state index >= 15 is 0 Å². The van der Waals surface area contributed by atoms with E-state index in [1.165, 1.54) is 12.2 Å². The van der Waals surface area contributed by atoms with Gasteiger partial charge in [-0.15, -0.1) is 0 Å². The van der Waals surface area contributed by atoms with Crippen LogP contribution in [0.1, 0.15) is 40.0 Å². The third-order valence-corrected chi connectivity index (χ3v) is 1.98. The minimum atomic E-state index is -0.573. The summed E-state index contributed by atoms with van der Waals surface area (Å²) in [6.07, 6.45) is 4.07. The summed E-state index contributed by atoms with van der Waals surface area (Å²) in [6.45, 7) is 6.34. The topological polar surface area (TPSA) is 61.8 Å². The summed E-state index contributed by atoms with van der Waals surface area (Å²) in [5.41, 5.74) is 0. The quantitative estimate of drug-likeness (QED) is 0.274. The van der Waals surface area contributed by atoms with Crippen molar-refractivity contribution in [1.82, 2.24) is 0 Å². The fraction of sp³-hybridized carbons (Fsp3) is 0.692. The molecule has 0 amide bonds. The second kappa shape index (κ2) is 10.8. The van der Waals surface area contributed by atoms with Gasteiger partial charge in [-0.3, -0.25) is 4.79 Å². The summed E-state index contributed by atoms with van der Waals surface area (Å²) >= 11 is 0. The number of hydrogen-bond donors (Lipinski definition) is 0. The number of esters is 2. The zero-order valence-electron chi connectivity index (χ0n) is 11.3. The molecule has 0 aliphatic rings. The summed E-state index contributed by atoms with van der Waals surface area (Å²) in [7, 11) is 0. The highest BCUT2D eigenvalue weighted by molar-refractivity contribution is 5.83. The van der Waals surface area contributed by atoms with Crippen LogP contribution >= 0.6 is 0 Å². The molecule has 18 heavy (non-hydrogen) atoms. The van der Waals surface area contributed by atoms with Crippen molar-refractivity contribution in [1.29, 1.82) is 0 Å². The van der Waals surface area contributed by atoms with E-state index in [1.54, 1.807) is 13.8 Å². The van der Waals surface area contributed by atoms with Crippen LogP contribution in [-0.4, -0.2) is 31.4 Å². The number of carbonyl (C=O) groups is 2. The van der Waals surface area contributed by atoms with Gasteiger partial charge in [0, 0.05) is 6.08 Å². The van der Waals surface area contributed by atoms with E-state index in [2.05, 4.69) is 6.92 Å². The van der Waals surface area contributed by atoms with Gasteiger partial charge in [0.15, 0.2) is 6.29 Å². The summed E-state index contributed by atoms with van der Waals surface area (Å²) in [6, 6.07) is 0. The van der Waals surface area contributed by atoms with Crippen molar-refractivity contribution < 1.29 is 23.8 Å². The normalized spacial score (nSPS) is 12.4. The van der Waals surface area contributed by atoms with Gasteiger partial charge in [0.25, 0.3) is 0 Å². The number of rotatable bonds is 9. The maximum Gasteiger partial charge on any atom is 0.332 e. The highest BCUT2D eigenvalue weighted by Crippen LogP contribution is 1.98. The molecule has 0 saturated heterocycles.